The number of allylic oxidation sites excluding steroid dienone is 5. The van der Waals surface area contributed by atoms with Crippen LogP contribution < -0.4 is 0 Å². The first-order valence-corrected chi connectivity index (χ1v) is 8.45. The van der Waals surface area contributed by atoms with E-state index in [4.69, 9.17) is 0 Å². The van der Waals surface area contributed by atoms with Crippen LogP contribution in [0.25, 0.3) is 0 Å². The van der Waals surface area contributed by atoms with E-state index in [-0.39, 0.29) is 5.41 Å². The van der Waals surface area contributed by atoms with Gasteiger partial charge in [0.2, 0.25) is 0 Å². The summed E-state index contributed by atoms with van der Waals surface area (Å²) in [6.07, 6.45) is 12.3. The van der Waals surface area contributed by atoms with E-state index in [1.54, 1.807) is 0 Å². The first kappa shape index (κ1) is 16.8. The van der Waals surface area contributed by atoms with Crippen LogP contribution >= 0.6 is 0 Å². The molecule has 0 saturated heterocycles. The van der Waals surface area contributed by atoms with E-state index in [1.165, 1.54) is 30.4 Å². The van der Waals surface area contributed by atoms with Crippen LogP contribution in [0.4, 0.5) is 0 Å². The van der Waals surface area contributed by atoms with Gasteiger partial charge in [0.1, 0.15) is 0 Å². The van der Waals surface area contributed by atoms with Crippen molar-refractivity contribution in [3.8, 4) is 0 Å². The zero-order valence-corrected chi connectivity index (χ0v) is 14.6. The van der Waals surface area contributed by atoms with Gasteiger partial charge in [-0.25, -0.2) is 0 Å². The molecule has 2 rings (SSSR count). The second-order valence-electron chi connectivity index (χ2n) is 7.65. The molecule has 1 aromatic carbocycles. The minimum absolute atomic E-state index is 0.0870. The summed E-state index contributed by atoms with van der Waals surface area (Å²) in [4.78, 5) is 0. The molecular weight excluding hydrogens is 264 g/mol. The zero-order valence-electron chi connectivity index (χ0n) is 14.6. The Labute approximate surface area is 136 Å². The lowest BCUT2D eigenvalue weighted by molar-refractivity contribution is 0.126. The summed E-state index contributed by atoms with van der Waals surface area (Å²) in [7, 11) is 0. The topological polar surface area (TPSA) is 0 Å². The predicted molar refractivity (Wildman–Crippen MR) is 98.0 cm³/mol. The lowest BCUT2D eigenvalue weighted by atomic mass is 9.55. The lowest BCUT2D eigenvalue weighted by Gasteiger charge is -2.49. The molecule has 0 N–H and O–H groups in total. The van der Waals surface area contributed by atoms with E-state index in [0.29, 0.717) is 5.41 Å². The Balaban J connectivity index is 2.61. The van der Waals surface area contributed by atoms with Crippen molar-refractivity contribution in [2.45, 2.75) is 52.4 Å². The summed E-state index contributed by atoms with van der Waals surface area (Å²) in [5, 5.41) is 0. The third-order valence-electron chi connectivity index (χ3n) is 4.95. The summed E-state index contributed by atoms with van der Waals surface area (Å²) in [5.41, 5.74) is 3.23. The van der Waals surface area contributed by atoms with Crippen LogP contribution in [0.15, 0.2) is 66.8 Å². The van der Waals surface area contributed by atoms with Crippen LogP contribution in [0.5, 0.6) is 0 Å². The quantitative estimate of drug-likeness (QED) is 0.559. The lowest BCUT2D eigenvalue weighted by Crippen LogP contribution is -2.41. The minimum atomic E-state index is 0.0870. The maximum atomic E-state index is 4.13. The highest BCUT2D eigenvalue weighted by atomic mass is 14.5. The molecule has 0 aromatic heterocycles. The molecule has 1 saturated carbocycles. The van der Waals surface area contributed by atoms with Gasteiger partial charge in [0.25, 0.3) is 0 Å². The van der Waals surface area contributed by atoms with E-state index in [0.717, 1.165) is 5.92 Å². The van der Waals surface area contributed by atoms with E-state index >= 15 is 0 Å². The summed E-state index contributed by atoms with van der Waals surface area (Å²) < 4.78 is 0. The third-order valence-corrected chi connectivity index (χ3v) is 4.95. The van der Waals surface area contributed by atoms with Crippen molar-refractivity contribution in [1.82, 2.24) is 0 Å². The van der Waals surface area contributed by atoms with Gasteiger partial charge in [-0.1, -0.05) is 82.0 Å². The second kappa shape index (κ2) is 6.69. The third kappa shape index (κ3) is 3.43. The number of hydrogen-bond acceptors (Lipinski definition) is 0. The molecule has 1 aliphatic carbocycles. The Kier molecular flexibility index (Phi) is 5.11. The van der Waals surface area contributed by atoms with Crippen molar-refractivity contribution in [2.75, 3.05) is 0 Å². The highest BCUT2D eigenvalue weighted by Gasteiger charge is 2.45. The average molecular weight is 294 g/mol. The van der Waals surface area contributed by atoms with E-state index in [2.05, 4.69) is 88.9 Å². The first-order chi connectivity index (χ1) is 10.4. The highest BCUT2D eigenvalue weighted by Crippen LogP contribution is 2.53. The molecular formula is C22H30. The molecule has 1 fully saturated rings. The van der Waals surface area contributed by atoms with Gasteiger partial charge in [0.15, 0.2) is 0 Å². The van der Waals surface area contributed by atoms with Crippen molar-refractivity contribution in [2.24, 2.45) is 11.3 Å². The van der Waals surface area contributed by atoms with Crippen molar-refractivity contribution in [3.05, 3.63) is 72.4 Å². The van der Waals surface area contributed by atoms with Crippen LogP contribution in [-0.4, -0.2) is 0 Å². The van der Waals surface area contributed by atoms with Gasteiger partial charge in [-0.05, 0) is 48.7 Å². The summed E-state index contributed by atoms with van der Waals surface area (Å²) in [5.74, 6) is 0.720. The van der Waals surface area contributed by atoms with Gasteiger partial charge in [-0.15, -0.1) is 0 Å². The number of rotatable bonds is 4. The molecule has 1 aromatic rings. The smallest absolute Gasteiger partial charge is 0.0210 e. The van der Waals surface area contributed by atoms with Crippen molar-refractivity contribution in [3.63, 3.8) is 0 Å². The molecule has 22 heavy (non-hydrogen) atoms. The maximum absolute atomic E-state index is 4.13. The molecule has 0 spiro atoms. The maximum Gasteiger partial charge on any atom is 0.0210 e. The molecule has 0 heterocycles. The summed E-state index contributed by atoms with van der Waals surface area (Å²) >= 11 is 0. The zero-order chi connectivity index (χ0) is 16.2. The Bertz CT molecular complexity index is 559. The largest absolute Gasteiger partial charge is 0.0988 e. The van der Waals surface area contributed by atoms with Crippen LogP contribution in [0.2, 0.25) is 0 Å². The van der Waals surface area contributed by atoms with Gasteiger partial charge in [-0.2, -0.15) is 0 Å². The molecule has 1 aliphatic rings. The fourth-order valence-corrected chi connectivity index (χ4v) is 4.56. The van der Waals surface area contributed by atoms with E-state index in [1.807, 2.05) is 0 Å². The predicted octanol–water partition coefficient (Wildman–Crippen LogP) is 6.46. The minimum Gasteiger partial charge on any atom is -0.0988 e. The van der Waals surface area contributed by atoms with Crippen molar-refractivity contribution >= 4 is 0 Å². The van der Waals surface area contributed by atoms with Gasteiger partial charge in [-0.3, -0.25) is 0 Å². The fourth-order valence-electron chi connectivity index (χ4n) is 4.56. The van der Waals surface area contributed by atoms with Crippen molar-refractivity contribution < 1.29 is 0 Å². The molecule has 0 aliphatic heterocycles. The molecule has 118 valence electrons. The Morgan fingerprint density at radius 3 is 2.41 bits per heavy atom. The van der Waals surface area contributed by atoms with Crippen LogP contribution in [-0.2, 0) is 5.41 Å². The SMILES string of the molecule is C=C/C(=C\C=C/C)C1(c2ccccc2)CC(C)CC(C)(C)C1. The van der Waals surface area contributed by atoms with Gasteiger partial charge < -0.3 is 0 Å². The van der Waals surface area contributed by atoms with E-state index < -0.39 is 0 Å². The Morgan fingerprint density at radius 1 is 1.18 bits per heavy atom. The number of hydrogen-bond donors (Lipinski definition) is 0. The second-order valence-corrected chi connectivity index (χ2v) is 7.65. The van der Waals surface area contributed by atoms with Gasteiger partial charge in [0.05, 0.1) is 0 Å². The van der Waals surface area contributed by atoms with Gasteiger partial charge >= 0.3 is 0 Å². The average Bonchev–Trinajstić information content (AvgIpc) is 2.47. The van der Waals surface area contributed by atoms with E-state index in [9.17, 15) is 0 Å². The first-order valence-electron chi connectivity index (χ1n) is 8.45. The Hall–Kier alpha value is -1.56. The normalized spacial score (nSPS) is 28.7. The molecule has 0 nitrogen and oxygen atoms in total. The Morgan fingerprint density at radius 2 is 1.86 bits per heavy atom. The van der Waals surface area contributed by atoms with Crippen LogP contribution in [0, 0.1) is 11.3 Å². The standard InChI is InChI=1S/C22H30/c1-6-8-12-19(7-2)22(20-13-10-9-11-14-20)16-18(3)15-21(4,5)17-22/h6-14,18H,2,15-17H2,1,3-5H3/b8-6-,19-12+. The fraction of sp³-hybridized carbons (Fsp3) is 0.455. The molecule has 0 amide bonds. The summed E-state index contributed by atoms with van der Waals surface area (Å²) in [6, 6.07) is 11.0. The monoisotopic (exact) mass is 294 g/mol. The number of benzene rings is 1. The highest BCUT2D eigenvalue weighted by molar-refractivity contribution is 5.44. The molecule has 2 unspecified atom stereocenters. The molecule has 0 radical (unpaired) electrons. The van der Waals surface area contributed by atoms with Crippen LogP contribution in [0.3, 0.4) is 0 Å². The molecule has 0 bridgehead atoms. The van der Waals surface area contributed by atoms with Gasteiger partial charge in [0, 0.05) is 5.41 Å². The molecule has 2 atom stereocenters. The molecule has 0 heteroatoms. The summed E-state index contributed by atoms with van der Waals surface area (Å²) in [6.45, 7) is 13.4. The van der Waals surface area contributed by atoms with Crippen LogP contribution in [0.1, 0.15) is 52.5 Å². The van der Waals surface area contributed by atoms with Crippen molar-refractivity contribution in [1.29, 1.82) is 0 Å².